The molecule has 0 aromatic heterocycles. The Hall–Kier alpha value is -1.42. The van der Waals surface area contributed by atoms with Crippen LogP contribution in [0.1, 0.15) is 12.0 Å². The molecule has 0 radical (unpaired) electrons. The van der Waals surface area contributed by atoms with Crippen molar-refractivity contribution in [2.24, 2.45) is 11.7 Å². The van der Waals surface area contributed by atoms with Crippen molar-refractivity contribution in [3.05, 3.63) is 35.6 Å². The van der Waals surface area contributed by atoms with Crippen molar-refractivity contribution in [2.45, 2.75) is 12.8 Å². The van der Waals surface area contributed by atoms with Gasteiger partial charge in [0.25, 0.3) is 0 Å². The van der Waals surface area contributed by atoms with Crippen LogP contribution >= 0.6 is 0 Å². The summed E-state index contributed by atoms with van der Waals surface area (Å²) < 4.78 is 13.0. The fourth-order valence-corrected chi connectivity index (χ4v) is 2.18. The van der Waals surface area contributed by atoms with E-state index in [9.17, 15) is 9.18 Å². The average molecular weight is 236 g/mol. The van der Waals surface area contributed by atoms with Crippen LogP contribution in [0.2, 0.25) is 0 Å². The molecule has 1 heterocycles. The van der Waals surface area contributed by atoms with Gasteiger partial charge in [0.1, 0.15) is 5.82 Å². The number of nitrogens with zero attached hydrogens (tertiary/aromatic N) is 1. The van der Waals surface area contributed by atoms with Gasteiger partial charge in [0.2, 0.25) is 5.91 Å². The second kappa shape index (κ2) is 5.27. The van der Waals surface area contributed by atoms with Crippen LogP contribution < -0.4 is 5.73 Å². The number of amides is 1. The zero-order valence-corrected chi connectivity index (χ0v) is 9.73. The smallest absolute Gasteiger partial charge is 0.227 e. The zero-order valence-electron chi connectivity index (χ0n) is 9.73. The molecule has 1 aliphatic heterocycles. The predicted molar refractivity (Wildman–Crippen MR) is 63.8 cm³/mol. The van der Waals surface area contributed by atoms with Crippen LogP contribution in [0.25, 0.3) is 0 Å². The maximum Gasteiger partial charge on any atom is 0.227 e. The Kier molecular flexibility index (Phi) is 3.74. The number of rotatable bonds is 3. The molecule has 0 unspecified atom stereocenters. The SMILES string of the molecule is NC[C@H]1CCN(C(=O)Cc2cccc(F)c2)C1. The molecule has 1 aliphatic rings. The highest BCUT2D eigenvalue weighted by atomic mass is 19.1. The first-order chi connectivity index (χ1) is 8.19. The molecule has 3 nitrogen and oxygen atoms in total. The van der Waals surface area contributed by atoms with E-state index in [1.54, 1.807) is 12.1 Å². The normalized spacial score (nSPS) is 19.6. The highest BCUT2D eigenvalue weighted by molar-refractivity contribution is 5.79. The molecule has 0 aliphatic carbocycles. The van der Waals surface area contributed by atoms with Crippen molar-refractivity contribution in [3.8, 4) is 0 Å². The van der Waals surface area contributed by atoms with E-state index < -0.39 is 0 Å². The van der Waals surface area contributed by atoms with E-state index in [2.05, 4.69) is 0 Å². The van der Waals surface area contributed by atoms with Crippen LogP contribution in [0.15, 0.2) is 24.3 Å². The summed E-state index contributed by atoms with van der Waals surface area (Å²) in [5, 5.41) is 0. The molecule has 17 heavy (non-hydrogen) atoms. The molecule has 1 fully saturated rings. The molecule has 0 bridgehead atoms. The molecular formula is C13H17FN2O. The largest absolute Gasteiger partial charge is 0.342 e. The van der Waals surface area contributed by atoms with Gasteiger partial charge in [0, 0.05) is 13.1 Å². The Bertz CT molecular complexity index is 408. The lowest BCUT2D eigenvalue weighted by Gasteiger charge is -2.16. The maximum absolute atomic E-state index is 13.0. The highest BCUT2D eigenvalue weighted by Gasteiger charge is 2.24. The molecule has 0 spiro atoms. The number of benzene rings is 1. The lowest BCUT2D eigenvalue weighted by atomic mass is 10.1. The third-order valence-electron chi connectivity index (χ3n) is 3.22. The molecule has 1 atom stereocenters. The van der Waals surface area contributed by atoms with Crippen molar-refractivity contribution in [1.29, 1.82) is 0 Å². The molecule has 92 valence electrons. The van der Waals surface area contributed by atoms with E-state index in [1.807, 2.05) is 4.90 Å². The van der Waals surface area contributed by atoms with Gasteiger partial charge in [-0.2, -0.15) is 0 Å². The Morgan fingerprint density at radius 2 is 2.35 bits per heavy atom. The van der Waals surface area contributed by atoms with Crippen molar-refractivity contribution in [2.75, 3.05) is 19.6 Å². The minimum absolute atomic E-state index is 0.0616. The third-order valence-corrected chi connectivity index (χ3v) is 3.22. The number of nitrogens with two attached hydrogens (primary N) is 1. The number of hydrogen-bond donors (Lipinski definition) is 1. The van der Waals surface area contributed by atoms with Crippen molar-refractivity contribution >= 4 is 5.91 Å². The summed E-state index contributed by atoms with van der Waals surface area (Å²) in [6.45, 7) is 2.14. The van der Waals surface area contributed by atoms with Crippen LogP contribution in [-0.2, 0) is 11.2 Å². The van der Waals surface area contributed by atoms with Crippen molar-refractivity contribution in [3.63, 3.8) is 0 Å². The van der Waals surface area contributed by atoms with E-state index in [0.717, 1.165) is 25.1 Å². The molecule has 1 amide bonds. The monoisotopic (exact) mass is 236 g/mol. The summed E-state index contributed by atoms with van der Waals surface area (Å²) in [5.41, 5.74) is 6.31. The van der Waals surface area contributed by atoms with E-state index in [0.29, 0.717) is 12.5 Å². The fourth-order valence-electron chi connectivity index (χ4n) is 2.18. The van der Waals surface area contributed by atoms with Crippen LogP contribution in [-0.4, -0.2) is 30.4 Å². The summed E-state index contributed by atoms with van der Waals surface area (Å²) in [6, 6.07) is 6.20. The summed E-state index contributed by atoms with van der Waals surface area (Å²) in [4.78, 5) is 13.8. The van der Waals surface area contributed by atoms with Gasteiger partial charge in [0.05, 0.1) is 6.42 Å². The van der Waals surface area contributed by atoms with E-state index in [4.69, 9.17) is 5.73 Å². The first-order valence-corrected chi connectivity index (χ1v) is 5.91. The summed E-state index contributed by atoms with van der Waals surface area (Å²) in [6.07, 6.45) is 1.25. The molecule has 2 rings (SSSR count). The second-order valence-corrected chi connectivity index (χ2v) is 4.54. The lowest BCUT2D eigenvalue weighted by molar-refractivity contribution is -0.129. The second-order valence-electron chi connectivity index (χ2n) is 4.54. The van der Waals surface area contributed by atoms with Gasteiger partial charge in [-0.1, -0.05) is 12.1 Å². The molecule has 4 heteroatoms. The molecule has 1 aromatic carbocycles. The molecular weight excluding hydrogens is 219 g/mol. The number of carbonyl (C=O) groups is 1. The fraction of sp³-hybridized carbons (Fsp3) is 0.462. The zero-order chi connectivity index (χ0) is 12.3. The summed E-state index contributed by atoms with van der Waals surface area (Å²) in [7, 11) is 0. The quantitative estimate of drug-likeness (QED) is 0.856. The first-order valence-electron chi connectivity index (χ1n) is 5.91. The van der Waals surface area contributed by atoms with Gasteiger partial charge >= 0.3 is 0 Å². The molecule has 1 saturated heterocycles. The Morgan fingerprint density at radius 1 is 1.53 bits per heavy atom. The molecule has 0 saturated carbocycles. The minimum atomic E-state index is -0.295. The number of carbonyl (C=O) groups excluding carboxylic acids is 1. The molecule has 2 N–H and O–H groups in total. The number of likely N-dealkylation sites (tertiary alicyclic amines) is 1. The van der Waals surface area contributed by atoms with E-state index in [-0.39, 0.29) is 18.1 Å². The maximum atomic E-state index is 13.0. The van der Waals surface area contributed by atoms with E-state index in [1.165, 1.54) is 12.1 Å². The molecule has 1 aromatic rings. The topological polar surface area (TPSA) is 46.3 Å². The van der Waals surface area contributed by atoms with Gasteiger partial charge in [-0.15, -0.1) is 0 Å². The standard InChI is InChI=1S/C13H17FN2O/c14-12-3-1-2-10(6-12)7-13(17)16-5-4-11(8-15)9-16/h1-3,6,11H,4-5,7-9,15H2/t11-/m1/s1. The lowest BCUT2D eigenvalue weighted by Crippen LogP contribution is -2.31. The van der Waals surface area contributed by atoms with Gasteiger partial charge in [0.15, 0.2) is 0 Å². The van der Waals surface area contributed by atoms with Gasteiger partial charge in [-0.05, 0) is 36.6 Å². The van der Waals surface area contributed by atoms with Crippen LogP contribution in [0.4, 0.5) is 4.39 Å². The van der Waals surface area contributed by atoms with Gasteiger partial charge < -0.3 is 10.6 Å². The number of hydrogen-bond acceptors (Lipinski definition) is 2. The predicted octanol–water partition coefficient (Wildman–Crippen LogP) is 1.18. The highest BCUT2D eigenvalue weighted by Crippen LogP contribution is 2.16. The Labute approximate surface area is 100 Å². The van der Waals surface area contributed by atoms with Crippen LogP contribution in [0.5, 0.6) is 0 Å². The first kappa shape index (κ1) is 12.0. The Morgan fingerprint density at radius 3 is 3.00 bits per heavy atom. The minimum Gasteiger partial charge on any atom is -0.342 e. The summed E-state index contributed by atoms with van der Waals surface area (Å²) in [5.74, 6) is 0.189. The van der Waals surface area contributed by atoms with Crippen molar-refractivity contribution in [1.82, 2.24) is 4.90 Å². The van der Waals surface area contributed by atoms with Crippen LogP contribution in [0, 0.1) is 11.7 Å². The average Bonchev–Trinajstić information content (AvgIpc) is 2.77. The van der Waals surface area contributed by atoms with Gasteiger partial charge in [-0.25, -0.2) is 4.39 Å². The number of halogens is 1. The Balaban J connectivity index is 1.93. The van der Waals surface area contributed by atoms with E-state index >= 15 is 0 Å². The van der Waals surface area contributed by atoms with Crippen molar-refractivity contribution < 1.29 is 9.18 Å². The summed E-state index contributed by atoms with van der Waals surface area (Å²) >= 11 is 0. The van der Waals surface area contributed by atoms with Gasteiger partial charge in [-0.3, -0.25) is 4.79 Å². The third kappa shape index (κ3) is 3.03. The van der Waals surface area contributed by atoms with Crippen LogP contribution in [0.3, 0.4) is 0 Å².